The lowest BCUT2D eigenvalue weighted by molar-refractivity contribution is 0.182. The van der Waals surface area contributed by atoms with Crippen LogP contribution in [-0.2, 0) is 17.7 Å². The van der Waals surface area contributed by atoms with Crippen LogP contribution in [0.1, 0.15) is 11.3 Å². The molecule has 2 amide bonds. The first-order valence-electron chi connectivity index (χ1n) is 9.67. The molecule has 1 aliphatic heterocycles. The Morgan fingerprint density at radius 1 is 1.17 bits per heavy atom. The van der Waals surface area contributed by atoms with Crippen molar-refractivity contribution < 1.29 is 13.4 Å². The molecule has 1 unspecified atom stereocenters. The van der Waals surface area contributed by atoms with Gasteiger partial charge in [0.25, 0.3) is 0 Å². The smallest absolute Gasteiger partial charge is 0.306 e. The second kappa shape index (κ2) is 10.1. The van der Waals surface area contributed by atoms with Crippen LogP contribution in [0.3, 0.4) is 0 Å². The van der Waals surface area contributed by atoms with E-state index in [0.717, 1.165) is 24.3 Å². The summed E-state index contributed by atoms with van der Waals surface area (Å²) in [5.41, 5.74) is 2.39. The number of nitrogens with zero attached hydrogens (tertiary/aromatic N) is 4. The number of piperazine rings is 1. The van der Waals surface area contributed by atoms with Gasteiger partial charge in [-0.25, -0.2) is 22.0 Å². The Balaban J connectivity index is 1.57. The number of halogens is 1. The van der Waals surface area contributed by atoms with E-state index >= 15 is 0 Å². The number of anilines is 2. The summed E-state index contributed by atoms with van der Waals surface area (Å²) < 4.78 is 30.0. The summed E-state index contributed by atoms with van der Waals surface area (Å²) in [7, 11) is 3.59. The van der Waals surface area contributed by atoms with Gasteiger partial charge in [-0.2, -0.15) is 0 Å². The van der Waals surface area contributed by atoms with E-state index < -0.39 is 23.0 Å². The third-order valence-electron chi connectivity index (χ3n) is 4.72. The molecular formula is C20H27FN6O2S. The van der Waals surface area contributed by atoms with Gasteiger partial charge in [-0.3, -0.25) is 9.88 Å². The highest BCUT2D eigenvalue weighted by Crippen LogP contribution is 2.19. The Hall–Kier alpha value is -2.40. The predicted molar refractivity (Wildman–Crippen MR) is 117 cm³/mol. The van der Waals surface area contributed by atoms with Crippen molar-refractivity contribution in [2.24, 2.45) is 0 Å². The minimum atomic E-state index is -1.12. The molecule has 30 heavy (non-hydrogen) atoms. The molecule has 0 saturated carbocycles. The van der Waals surface area contributed by atoms with Gasteiger partial charge >= 0.3 is 6.03 Å². The van der Waals surface area contributed by atoms with Crippen molar-refractivity contribution in [2.45, 2.75) is 13.5 Å². The first kappa shape index (κ1) is 22.3. The Morgan fingerprint density at radius 2 is 1.90 bits per heavy atom. The van der Waals surface area contributed by atoms with E-state index in [1.54, 1.807) is 48.9 Å². The molecule has 0 bridgehead atoms. The van der Waals surface area contributed by atoms with Crippen LogP contribution in [0.25, 0.3) is 0 Å². The zero-order valence-corrected chi connectivity index (χ0v) is 18.2. The van der Waals surface area contributed by atoms with Crippen molar-refractivity contribution in [3.05, 3.63) is 53.6 Å². The molecule has 8 nitrogen and oxygen atoms in total. The SMILES string of the molecule is Cc1ccc(NC(=O)Nc2cc(CN3CCN(S(=O)N(C)C)CC3)ccc2F)cn1. The average Bonchev–Trinajstić information content (AvgIpc) is 2.72. The Kier molecular flexibility index (Phi) is 7.48. The first-order chi connectivity index (χ1) is 14.3. The van der Waals surface area contributed by atoms with Crippen LogP contribution < -0.4 is 10.6 Å². The molecule has 0 spiro atoms. The van der Waals surface area contributed by atoms with E-state index in [1.165, 1.54) is 6.07 Å². The molecule has 162 valence electrons. The molecule has 3 rings (SSSR count). The Bertz CT molecular complexity index is 901. The number of pyridine rings is 1. The van der Waals surface area contributed by atoms with Crippen LogP contribution in [-0.4, -0.2) is 69.0 Å². The number of urea groups is 1. The Morgan fingerprint density at radius 3 is 2.53 bits per heavy atom. The maximum absolute atomic E-state index is 14.2. The van der Waals surface area contributed by atoms with E-state index in [9.17, 15) is 13.4 Å². The van der Waals surface area contributed by atoms with Gasteiger partial charge in [-0.1, -0.05) is 6.07 Å². The second-order valence-corrected chi connectivity index (χ2v) is 9.04. The zero-order valence-electron chi connectivity index (χ0n) is 17.4. The molecule has 0 aliphatic carbocycles. The van der Waals surface area contributed by atoms with Gasteiger partial charge in [0.15, 0.2) is 11.2 Å². The van der Waals surface area contributed by atoms with Crippen molar-refractivity contribution in [2.75, 3.05) is 50.9 Å². The Labute approximate surface area is 178 Å². The third-order valence-corrected chi connectivity index (χ3v) is 6.15. The molecule has 2 N–H and O–H groups in total. The number of aryl methyl sites for hydroxylation is 1. The minimum Gasteiger partial charge on any atom is -0.306 e. The van der Waals surface area contributed by atoms with Crippen molar-refractivity contribution in [1.29, 1.82) is 0 Å². The lowest BCUT2D eigenvalue weighted by Crippen LogP contribution is -2.48. The normalized spacial score (nSPS) is 16.4. The van der Waals surface area contributed by atoms with Crippen molar-refractivity contribution in [3.63, 3.8) is 0 Å². The van der Waals surface area contributed by atoms with E-state index in [2.05, 4.69) is 20.5 Å². The number of nitrogens with one attached hydrogen (secondary N) is 2. The van der Waals surface area contributed by atoms with Crippen LogP contribution >= 0.6 is 0 Å². The highest BCUT2D eigenvalue weighted by molar-refractivity contribution is 7.80. The fourth-order valence-corrected chi connectivity index (χ4v) is 4.06. The highest BCUT2D eigenvalue weighted by Gasteiger charge is 2.22. The van der Waals surface area contributed by atoms with Gasteiger partial charge in [0.2, 0.25) is 0 Å². The molecule has 2 aromatic rings. The van der Waals surface area contributed by atoms with Crippen LogP contribution in [0.5, 0.6) is 0 Å². The van der Waals surface area contributed by atoms with Crippen LogP contribution in [0, 0.1) is 12.7 Å². The summed E-state index contributed by atoms with van der Waals surface area (Å²) in [5, 5.41) is 5.20. The topological polar surface area (TPSA) is 80.8 Å². The predicted octanol–water partition coefficient (Wildman–Crippen LogP) is 2.43. The number of carbonyl (C=O) groups is 1. The maximum Gasteiger partial charge on any atom is 0.323 e. The number of aromatic nitrogens is 1. The minimum absolute atomic E-state index is 0.123. The second-order valence-electron chi connectivity index (χ2n) is 7.33. The largest absolute Gasteiger partial charge is 0.323 e. The lowest BCUT2D eigenvalue weighted by Gasteiger charge is -2.34. The molecular weight excluding hydrogens is 407 g/mol. The molecule has 1 aromatic carbocycles. The molecule has 10 heteroatoms. The maximum atomic E-state index is 14.2. The molecule has 2 heterocycles. The zero-order chi connectivity index (χ0) is 21.7. The van der Waals surface area contributed by atoms with Crippen LogP contribution in [0.4, 0.5) is 20.6 Å². The summed E-state index contributed by atoms with van der Waals surface area (Å²) in [6, 6.07) is 7.70. The van der Waals surface area contributed by atoms with Gasteiger partial charge in [-0.15, -0.1) is 0 Å². The molecule has 1 fully saturated rings. The van der Waals surface area contributed by atoms with Crippen molar-refractivity contribution in [1.82, 2.24) is 18.5 Å². The van der Waals surface area contributed by atoms with E-state index in [0.29, 0.717) is 25.3 Å². The summed E-state index contributed by atoms with van der Waals surface area (Å²) in [6.07, 6.45) is 1.55. The number of hydrogen-bond donors (Lipinski definition) is 2. The van der Waals surface area contributed by atoms with E-state index in [-0.39, 0.29) is 5.69 Å². The van der Waals surface area contributed by atoms with Gasteiger partial charge in [0, 0.05) is 52.5 Å². The van der Waals surface area contributed by atoms with E-state index in [4.69, 9.17) is 0 Å². The molecule has 1 aliphatic rings. The van der Waals surface area contributed by atoms with Crippen molar-refractivity contribution >= 4 is 28.6 Å². The summed E-state index contributed by atoms with van der Waals surface area (Å²) >= 11 is -1.12. The number of hydrogen-bond acceptors (Lipinski definition) is 4. The molecule has 1 saturated heterocycles. The fourth-order valence-electron chi connectivity index (χ4n) is 3.13. The monoisotopic (exact) mass is 434 g/mol. The summed E-state index contributed by atoms with van der Waals surface area (Å²) in [4.78, 5) is 18.5. The highest BCUT2D eigenvalue weighted by atomic mass is 32.2. The van der Waals surface area contributed by atoms with Crippen LogP contribution in [0.15, 0.2) is 36.5 Å². The van der Waals surface area contributed by atoms with Crippen LogP contribution in [0.2, 0.25) is 0 Å². The average molecular weight is 435 g/mol. The third kappa shape index (κ3) is 6.05. The summed E-state index contributed by atoms with van der Waals surface area (Å²) in [5.74, 6) is -0.498. The molecule has 0 radical (unpaired) electrons. The van der Waals surface area contributed by atoms with Gasteiger partial charge in [0.1, 0.15) is 5.82 Å². The molecule has 1 aromatic heterocycles. The van der Waals surface area contributed by atoms with Crippen molar-refractivity contribution in [3.8, 4) is 0 Å². The summed E-state index contributed by atoms with van der Waals surface area (Å²) in [6.45, 7) is 5.41. The van der Waals surface area contributed by atoms with Gasteiger partial charge < -0.3 is 10.6 Å². The first-order valence-corrected chi connectivity index (χ1v) is 10.7. The van der Waals surface area contributed by atoms with Gasteiger partial charge in [0.05, 0.1) is 17.6 Å². The number of benzene rings is 1. The molecule has 1 atom stereocenters. The quantitative estimate of drug-likeness (QED) is 0.732. The lowest BCUT2D eigenvalue weighted by atomic mass is 10.1. The van der Waals surface area contributed by atoms with Gasteiger partial charge in [-0.05, 0) is 36.8 Å². The number of amides is 2. The van der Waals surface area contributed by atoms with E-state index in [1.807, 2.05) is 11.2 Å². The number of carbonyl (C=O) groups excluding carboxylic acids is 1. The number of rotatable bonds is 6. The fraction of sp³-hybridized carbons (Fsp3) is 0.400. The standard InChI is InChI=1S/C20H27FN6O2S/c1-15-4-6-17(13-22-15)23-20(28)24-19-12-16(5-7-18(19)21)14-26-8-10-27(11-9-26)30(29)25(2)3/h4-7,12-13H,8-11,14H2,1-3H3,(H2,23,24,28).